The summed E-state index contributed by atoms with van der Waals surface area (Å²) >= 11 is 1.45. The highest BCUT2D eigenvalue weighted by atomic mass is 32.2. The molecule has 1 saturated carbocycles. The molecule has 0 aliphatic heterocycles. The molecular formula is C19H26N4O2S. The fourth-order valence-corrected chi connectivity index (χ4v) is 3.78. The summed E-state index contributed by atoms with van der Waals surface area (Å²) in [5, 5.41) is 9.19. The van der Waals surface area contributed by atoms with Crippen molar-refractivity contribution in [1.82, 2.24) is 19.7 Å². The van der Waals surface area contributed by atoms with Crippen molar-refractivity contribution in [2.45, 2.75) is 38.3 Å². The molecular weight excluding hydrogens is 348 g/mol. The Morgan fingerprint density at radius 2 is 2.04 bits per heavy atom. The molecule has 6 nitrogen and oxygen atoms in total. The molecule has 7 heteroatoms. The van der Waals surface area contributed by atoms with Gasteiger partial charge in [-0.3, -0.25) is 9.36 Å². The topological polar surface area (TPSA) is 60.2 Å². The predicted octanol–water partition coefficient (Wildman–Crippen LogP) is 3.33. The van der Waals surface area contributed by atoms with E-state index in [1.807, 2.05) is 40.7 Å². The number of carbonyl (C=O) groups excluding carboxylic acids is 1. The van der Waals surface area contributed by atoms with Crippen LogP contribution in [0, 0.1) is 12.8 Å². The third-order valence-corrected chi connectivity index (χ3v) is 5.39. The van der Waals surface area contributed by atoms with Gasteiger partial charge in [0.25, 0.3) is 0 Å². The summed E-state index contributed by atoms with van der Waals surface area (Å²) in [5.41, 5.74) is 0.964. The average molecular weight is 375 g/mol. The number of hydrogen-bond acceptors (Lipinski definition) is 5. The van der Waals surface area contributed by atoms with Gasteiger partial charge in [0.15, 0.2) is 5.16 Å². The van der Waals surface area contributed by atoms with Crippen LogP contribution in [0.25, 0.3) is 5.69 Å². The van der Waals surface area contributed by atoms with Gasteiger partial charge >= 0.3 is 0 Å². The maximum Gasteiger partial charge on any atom is 0.233 e. The summed E-state index contributed by atoms with van der Waals surface area (Å²) in [7, 11) is 1.65. The average Bonchev–Trinajstić information content (AvgIpc) is 3.40. The van der Waals surface area contributed by atoms with E-state index in [0.717, 1.165) is 41.9 Å². The van der Waals surface area contributed by atoms with Crippen molar-refractivity contribution in [2.75, 3.05) is 26.0 Å². The Labute approximate surface area is 158 Å². The van der Waals surface area contributed by atoms with Crippen LogP contribution in [0.15, 0.2) is 29.4 Å². The van der Waals surface area contributed by atoms with Gasteiger partial charge in [0, 0.05) is 18.8 Å². The molecule has 0 radical (unpaired) electrons. The smallest absolute Gasteiger partial charge is 0.233 e. The first kappa shape index (κ1) is 18.8. The normalized spacial score (nSPS) is 13.7. The summed E-state index contributed by atoms with van der Waals surface area (Å²) in [5.74, 6) is 2.89. The lowest BCUT2D eigenvalue weighted by atomic mass is 10.3. The molecule has 1 amide bonds. The van der Waals surface area contributed by atoms with Crippen LogP contribution in [0.5, 0.6) is 5.75 Å². The number of amides is 1. The largest absolute Gasteiger partial charge is 0.497 e. The van der Waals surface area contributed by atoms with E-state index in [1.165, 1.54) is 24.6 Å². The van der Waals surface area contributed by atoms with Crippen molar-refractivity contribution in [3.05, 3.63) is 30.1 Å². The second kappa shape index (κ2) is 8.58. The summed E-state index contributed by atoms with van der Waals surface area (Å²) < 4.78 is 7.19. The Hall–Kier alpha value is -2.02. The molecule has 0 spiro atoms. The van der Waals surface area contributed by atoms with E-state index >= 15 is 0 Å². The number of rotatable bonds is 9. The van der Waals surface area contributed by atoms with Crippen LogP contribution in [0.4, 0.5) is 0 Å². The molecule has 26 heavy (non-hydrogen) atoms. The quantitative estimate of drug-likeness (QED) is 0.630. The number of thioether (sulfide) groups is 1. The Bertz CT molecular complexity index is 740. The lowest BCUT2D eigenvalue weighted by molar-refractivity contribution is -0.128. The molecule has 1 aromatic carbocycles. The molecule has 3 rings (SSSR count). The number of carbonyl (C=O) groups is 1. The summed E-state index contributed by atoms with van der Waals surface area (Å²) in [6.45, 7) is 5.76. The summed E-state index contributed by atoms with van der Waals surface area (Å²) in [6.07, 6.45) is 3.50. The highest BCUT2D eigenvalue weighted by Crippen LogP contribution is 2.30. The molecule has 0 N–H and O–H groups in total. The van der Waals surface area contributed by atoms with Gasteiger partial charge in [0.1, 0.15) is 11.6 Å². The van der Waals surface area contributed by atoms with Crippen LogP contribution in [0.2, 0.25) is 0 Å². The van der Waals surface area contributed by atoms with Gasteiger partial charge in [-0.25, -0.2) is 0 Å². The Balaban J connectivity index is 1.68. The number of hydrogen-bond donors (Lipinski definition) is 0. The number of aromatic nitrogens is 3. The first-order valence-corrected chi connectivity index (χ1v) is 10.1. The highest BCUT2D eigenvalue weighted by Gasteiger charge is 2.26. The van der Waals surface area contributed by atoms with Crippen molar-refractivity contribution in [3.63, 3.8) is 0 Å². The molecule has 1 aromatic heterocycles. The molecule has 0 bridgehead atoms. The number of methoxy groups -OCH3 is 1. The van der Waals surface area contributed by atoms with Crippen molar-refractivity contribution < 1.29 is 9.53 Å². The second-order valence-corrected chi connectivity index (χ2v) is 7.58. The molecule has 1 heterocycles. The van der Waals surface area contributed by atoms with E-state index in [-0.39, 0.29) is 5.91 Å². The molecule has 1 fully saturated rings. The van der Waals surface area contributed by atoms with E-state index in [1.54, 1.807) is 7.11 Å². The van der Waals surface area contributed by atoms with Crippen molar-refractivity contribution in [3.8, 4) is 11.4 Å². The zero-order valence-electron chi connectivity index (χ0n) is 15.6. The van der Waals surface area contributed by atoms with Crippen LogP contribution < -0.4 is 4.74 Å². The van der Waals surface area contributed by atoms with Gasteiger partial charge in [-0.15, -0.1) is 10.2 Å². The van der Waals surface area contributed by atoms with Crippen LogP contribution in [0.1, 0.15) is 32.0 Å². The summed E-state index contributed by atoms with van der Waals surface area (Å²) in [4.78, 5) is 14.6. The first-order valence-electron chi connectivity index (χ1n) is 9.09. The molecule has 2 aromatic rings. The minimum absolute atomic E-state index is 0.186. The number of aryl methyl sites for hydroxylation is 1. The number of benzene rings is 1. The molecule has 0 atom stereocenters. The Kier molecular flexibility index (Phi) is 6.19. The van der Waals surface area contributed by atoms with Crippen LogP contribution in [-0.4, -0.2) is 51.5 Å². The minimum atomic E-state index is 0.186. The SMILES string of the molecule is CCCN(CC1CC1)C(=O)CSc1nnc(C)n1-c1ccc(OC)cc1. The third kappa shape index (κ3) is 4.58. The van der Waals surface area contributed by atoms with E-state index in [9.17, 15) is 4.79 Å². The predicted molar refractivity (Wildman–Crippen MR) is 103 cm³/mol. The Morgan fingerprint density at radius 1 is 1.31 bits per heavy atom. The van der Waals surface area contributed by atoms with Gasteiger partial charge in [-0.1, -0.05) is 18.7 Å². The third-order valence-electron chi connectivity index (χ3n) is 4.47. The monoisotopic (exact) mass is 374 g/mol. The van der Waals surface area contributed by atoms with Gasteiger partial charge in [-0.05, 0) is 56.4 Å². The maximum atomic E-state index is 12.6. The van der Waals surface area contributed by atoms with Gasteiger partial charge in [-0.2, -0.15) is 0 Å². The van der Waals surface area contributed by atoms with Crippen LogP contribution in [0.3, 0.4) is 0 Å². The fraction of sp³-hybridized carbons (Fsp3) is 0.526. The zero-order chi connectivity index (χ0) is 18.5. The molecule has 0 unspecified atom stereocenters. The van der Waals surface area contributed by atoms with Crippen molar-refractivity contribution in [1.29, 1.82) is 0 Å². The maximum absolute atomic E-state index is 12.6. The lowest BCUT2D eigenvalue weighted by Crippen LogP contribution is -2.35. The molecule has 1 aliphatic rings. The van der Waals surface area contributed by atoms with E-state index < -0.39 is 0 Å². The fourth-order valence-electron chi connectivity index (χ4n) is 2.88. The number of ether oxygens (including phenoxy) is 1. The molecule has 0 saturated heterocycles. The number of nitrogens with zero attached hydrogens (tertiary/aromatic N) is 4. The second-order valence-electron chi connectivity index (χ2n) is 6.64. The van der Waals surface area contributed by atoms with Gasteiger partial charge in [0.05, 0.1) is 12.9 Å². The van der Waals surface area contributed by atoms with Crippen LogP contribution in [-0.2, 0) is 4.79 Å². The molecule has 1 aliphatic carbocycles. The standard InChI is InChI=1S/C19H26N4O2S/c1-4-11-22(12-15-5-6-15)18(24)13-26-19-21-20-14(2)23(19)16-7-9-17(25-3)10-8-16/h7-10,15H,4-6,11-13H2,1-3H3. The van der Waals surface area contributed by atoms with Crippen molar-refractivity contribution in [2.24, 2.45) is 5.92 Å². The minimum Gasteiger partial charge on any atom is -0.497 e. The first-order chi connectivity index (χ1) is 12.6. The lowest BCUT2D eigenvalue weighted by Gasteiger charge is -2.21. The highest BCUT2D eigenvalue weighted by molar-refractivity contribution is 7.99. The Morgan fingerprint density at radius 3 is 2.65 bits per heavy atom. The van der Waals surface area contributed by atoms with Gasteiger partial charge < -0.3 is 9.64 Å². The van der Waals surface area contributed by atoms with E-state index in [2.05, 4.69) is 17.1 Å². The van der Waals surface area contributed by atoms with Gasteiger partial charge in [0.2, 0.25) is 5.91 Å². The van der Waals surface area contributed by atoms with Crippen molar-refractivity contribution >= 4 is 17.7 Å². The van der Waals surface area contributed by atoms with E-state index in [4.69, 9.17) is 4.74 Å². The summed E-state index contributed by atoms with van der Waals surface area (Å²) in [6, 6.07) is 7.76. The zero-order valence-corrected chi connectivity index (χ0v) is 16.5. The van der Waals surface area contributed by atoms with Crippen LogP contribution >= 0.6 is 11.8 Å². The van der Waals surface area contributed by atoms with E-state index in [0.29, 0.717) is 11.7 Å². The molecule has 140 valence electrons.